The molecule has 1 aliphatic rings. The summed E-state index contributed by atoms with van der Waals surface area (Å²) in [5, 5.41) is 0. The molecule has 2 heterocycles. The van der Waals surface area contributed by atoms with Gasteiger partial charge in [-0.3, -0.25) is 0 Å². The normalized spacial score (nSPS) is 19.3. The second kappa shape index (κ2) is 5.95. The van der Waals surface area contributed by atoms with Crippen LogP contribution in [-0.2, 0) is 5.41 Å². The zero-order valence-corrected chi connectivity index (χ0v) is 13.2. The van der Waals surface area contributed by atoms with Gasteiger partial charge in [-0.15, -0.1) is 11.3 Å². The minimum atomic E-state index is 0.274. The molecule has 1 aromatic heterocycles. The van der Waals surface area contributed by atoms with Crippen LogP contribution in [0.1, 0.15) is 38.5 Å². The summed E-state index contributed by atoms with van der Waals surface area (Å²) in [7, 11) is 0. The van der Waals surface area contributed by atoms with Crippen LogP contribution in [0.4, 0.5) is 0 Å². The Labute approximate surface area is 119 Å². The Hall–Kier alpha value is -0.0300. The van der Waals surface area contributed by atoms with Crippen LogP contribution in [0.3, 0.4) is 0 Å². The Balaban J connectivity index is 1.89. The molecule has 0 unspecified atom stereocenters. The highest BCUT2D eigenvalue weighted by Crippen LogP contribution is 2.37. The fourth-order valence-electron chi connectivity index (χ4n) is 2.14. The van der Waals surface area contributed by atoms with Gasteiger partial charge < -0.3 is 5.73 Å². The molecule has 0 aliphatic carbocycles. The molecule has 2 N–H and O–H groups in total. The van der Waals surface area contributed by atoms with Crippen LogP contribution in [0, 0.1) is 5.92 Å². The highest BCUT2D eigenvalue weighted by Gasteiger charge is 2.21. The molecule has 0 amide bonds. The van der Waals surface area contributed by atoms with Crippen LogP contribution in [0.5, 0.6) is 0 Å². The van der Waals surface area contributed by atoms with Gasteiger partial charge in [0.2, 0.25) is 0 Å². The summed E-state index contributed by atoms with van der Waals surface area (Å²) in [6.07, 6.45) is 2.50. The average molecular weight is 284 g/mol. The van der Waals surface area contributed by atoms with Crippen LogP contribution in [0.15, 0.2) is 16.3 Å². The lowest BCUT2D eigenvalue weighted by Gasteiger charge is -2.29. The number of hydrogen-bond acceptors (Lipinski definition) is 4. The zero-order valence-electron chi connectivity index (χ0n) is 11.6. The Morgan fingerprint density at radius 2 is 2.00 bits per heavy atom. The van der Waals surface area contributed by atoms with Crippen LogP contribution < -0.4 is 5.73 Å². The van der Waals surface area contributed by atoms with Gasteiger partial charge >= 0.3 is 0 Å². The highest BCUT2D eigenvalue weighted by atomic mass is 32.2. The van der Waals surface area contributed by atoms with E-state index in [1.165, 1.54) is 35.0 Å². The van der Waals surface area contributed by atoms with Crippen LogP contribution >= 0.6 is 23.3 Å². The standard InChI is InChI=1S/C14H24N2S2/c1-14(2,3)12-4-5-13(17-12)18-16-8-6-11(10-15)7-9-16/h4-5,11H,6-10,15H2,1-3H3. The molecule has 4 heteroatoms. The van der Waals surface area contributed by atoms with Crippen LogP contribution in [-0.4, -0.2) is 23.9 Å². The topological polar surface area (TPSA) is 29.3 Å². The Morgan fingerprint density at radius 1 is 1.33 bits per heavy atom. The second-order valence-electron chi connectivity index (χ2n) is 6.07. The van der Waals surface area contributed by atoms with Crippen molar-refractivity contribution in [3.05, 3.63) is 17.0 Å². The molecule has 1 aromatic rings. The summed E-state index contributed by atoms with van der Waals surface area (Å²) in [4.78, 5) is 1.47. The first kappa shape index (κ1) is 14.4. The predicted octanol–water partition coefficient (Wildman–Crippen LogP) is 3.72. The molecule has 0 bridgehead atoms. The molecule has 1 fully saturated rings. The minimum Gasteiger partial charge on any atom is -0.330 e. The third-order valence-electron chi connectivity index (χ3n) is 3.45. The second-order valence-corrected chi connectivity index (χ2v) is 8.55. The molecule has 0 radical (unpaired) electrons. The molecule has 1 aliphatic heterocycles. The van der Waals surface area contributed by atoms with Gasteiger partial charge in [0.25, 0.3) is 0 Å². The van der Waals surface area contributed by atoms with Gasteiger partial charge in [-0.05, 0) is 54.8 Å². The molecule has 102 valence electrons. The zero-order chi connectivity index (χ0) is 13.2. The van der Waals surface area contributed by atoms with E-state index in [1.54, 1.807) is 0 Å². The van der Waals surface area contributed by atoms with E-state index in [4.69, 9.17) is 5.73 Å². The van der Waals surface area contributed by atoms with E-state index in [-0.39, 0.29) is 5.41 Å². The first-order valence-electron chi connectivity index (χ1n) is 6.72. The summed E-state index contributed by atoms with van der Waals surface area (Å²) in [5.74, 6) is 0.746. The molecule has 0 atom stereocenters. The number of hydrogen-bond donors (Lipinski definition) is 1. The van der Waals surface area contributed by atoms with E-state index in [2.05, 4.69) is 37.2 Å². The third kappa shape index (κ3) is 3.73. The summed E-state index contributed by atoms with van der Waals surface area (Å²) >= 11 is 3.86. The smallest absolute Gasteiger partial charge is 0.0756 e. The maximum Gasteiger partial charge on any atom is 0.0756 e. The first-order valence-corrected chi connectivity index (χ1v) is 8.31. The van der Waals surface area contributed by atoms with Crippen molar-refractivity contribution in [1.29, 1.82) is 0 Å². The van der Waals surface area contributed by atoms with Crippen molar-refractivity contribution in [2.75, 3.05) is 19.6 Å². The molecule has 2 rings (SSSR count). The van der Waals surface area contributed by atoms with Crippen molar-refractivity contribution in [2.45, 2.75) is 43.2 Å². The van der Waals surface area contributed by atoms with Crippen LogP contribution in [0.2, 0.25) is 0 Å². The number of nitrogens with two attached hydrogens (primary N) is 1. The van der Waals surface area contributed by atoms with Crippen molar-refractivity contribution in [2.24, 2.45) is 11.7 Å². The van der Waals surface area contributed by atoms with Gasteiger partial charge in [0.1, 0.15) is 0 Å². The summed E-state index contributed by atoms with van der Waals surface area (Å²) < 4.78 is 3.91. The van der Waals surface area contributed by atoms with Gasteiger partial charge in [-0.25, -0.2) is 4.31 Å². The number of rotatable bonds is 3. The molecule has 18 heavy (non-hydrogen) atoms. The Bertz CT molecular complexity index is 373. The SMILES string of the molecule is CC(C)(C)c1ccc(SN2CCC(CN)CC2)s1. The van der Waals surface area contributed by atoms with Gasteiger partial charge in [0.15, 0.2) is 0 Å². The van der Waals surface area contributed by atoms with Gasteiger partial charge in [0, 0.05) is 18.0 Å². The van der Waals surface area contributed by atoms with E-state index in [1.807, 2.05) is 23.3 Å². The average Bonchev–Trinajstić information content (AvgIpc) is 2.78. The van der Waals surface area contributed by atoms with E-state index < -0.39 is 0 Å². The van der Waals surface area contributed by atoms with E-state index in [0.717, 1.165) is 12.5 Å². The van der Waals surface area contributed by atoms with Gasteiger partial charge in [-0.2, -0.15) is 0 Å². The lowest BCUT2D eigenvalue weighted by molar-refractivity contribution is 0.297. The monoisotopic (exact) mass is 284 g/mol. The Morgan fingerprint density at radius 3 is 2.50 bits per heavy atom. The maximum absolute atomic E-state index is 5.73. The maximum atomic E-state index is 5.73. The molecule has 1 saturated heterocycles. The van der Waals surface area contributed by atoms with E-state index in [0.29, 0.717) is 0 Å². The van der Waals surface area contributed by atoms with Crippen LogP contribution in [0.25, 0.3) is 0 Å². The lowest BCUT2D eigenvalue weighted by atomic mass is 9.95. The summed E-state index contributed by atoms with van der Waals surface area (Å²) in [5.41, 5.74) is 6.00. The van der Waals surface area contributed by atoms with E-state index in [9.17, 15) is 0 Å². The number of thiophene rings is 1. The molecule has 0 saturated carbocycles. The fourth-order valence-corrected chi connectivity index (χ4v) is 4.44. The van der Waals surface area contributed by atoms with Crippen molar-refractivity contribution < 1.29 is 0 Å². The molecule has 0 aromatic carbocycles. The quantitative estimate of drug-likeness (QED) is 0.858. The van der Waals surface area contributed by atoms with Crippen molar-refractivity contribution >= 4 is 23.3 Å². The van der Waals surface area contributed by atoms with Crippen molar-refractivity contribution in [1.82, 2.24) is 4.31 Å². The predicted molar refractivity (Wildman–Crippen MR) is 82.2 cm³/mol. The molecular formula is C14H24N2S2. The third-order valence-corrected chi connectivity index (χ3v) is 6.17. The van der Waals surface area contributed by atoms with Gasteiger partial charge in [-0.1, -0.05) is 20.8 Å². The van der Waals surface area contributed by atoms with Crippen molar-refractivity contribution in [3.63, 3.8) is 0 Å². The summed E-state index contributed by atoms with van der Waals surface area (Å²) in [6, 6.07) is 4.55. The summed E-state index contributed by atoms with van der Waals surface area (Å²) in [6.45, 7) is 10.0. The number of piperidine rings is 1. The lowest BCUT2D eigenvalue weighted by Crippen LogP contribution is -2.31. The Kier molecular flexibility index (Phi) is 4.75. The first-order chi connectivity index (χ1) is 8.49. The number of nitrogens with zero attached hydrogens (tertiary/aromatic N) is 1. The molecule has 0 spiro atoms. The largest absolute Gasteiger partial charge is 0.330 e. The fraction of sp³-hybridized carbons (Fsp3) is 0.714. The van der Waals surface area contributed by atoms with Gasteiger partial charge in [0.05, 0.1) is 4.21 Å². The molecular weight excluding hydrogens is 260 g/mol. The minimum absolute atomic E-state index is 0.274. The molecule has 2 nitrogen and oxygen atoms in total. The van der Waals surface area contributed by atoms with E-state index >= 15 is 0 Å². The van der Waals surface area contributed by atoms with Crippen molar-refractivity contribution in [3.8, 4) is 0 Å². The highest BCUT2D eigenvalue weighted by molar-refractivity contribution is 7.98.